The third-order valence-electron chi connectivity index (χ3n) is 6.80. The average molecular weight is 526 g/mol. The van der Waals surface area contributed by atoms with E-state index in [9.17, 15) is 14.0 Å². The van der Waals surface area contributed by atoms with Gasteiger partial charge >= 0.3 is 0 Å². The van der Waals surface area contributed by atoms with Gasteiger partial charge in [0.05, 0.1) is 18.4 Å². The van der Waals surface area contributed by atoms with Gasteiger partial charge in [-0.05, 0) is 63.4 Å². The molecule has 5 rings (SSSR count). The van der Waals surface area contributed by atoms with E-state index in [1.54, 1.807) is 36.1 Å². The van der Waals surface area contributed by atoms with Crippen molar-refractivity contribution in [2.75, 3.05) is 39.3 Å². The Bertz CT molecular complexity index is 1240. The van der Waals surface area contributed by atoms with Gasteiger partial charge in [0.15, 0.2) is 5.76 Å². The van der Waals surface area contributed by atoms with Crippen LogP contribution in [0.2, 0.25) is 0 Å². The van der Waals surface area contributed by atoms with Gasteiger partial charge in [-0.2, -0.15) is 4.98 Å². The van der Waals surface area contributed by atoms with E-state index in [2.05, 4.69) is 20.4 Å². The van der Waals surface area contributed by atoms with Gasteiger partial charge in [0.1, 0.15) is 17.6 Å². The first-order valence-electron chi connectivity index (χ1n) is 13.1. The second kappa shape index (κ2) is 11.8. The van der Waals surface area contributed by atoms with Gasteiger partial charge in [-0.15, -0.1) is 0 Å². The lowest BCUT2D eigenvalue weighted by molar-refractivity contribution is -0.132. The van der Waals surface area contributed by atoms with Gasteiger partial charge < -0.3 is 28.8 Å². The number of nitrogens with one attached hydrogen (secondary N) is 1. The maximum atomic E-state index is 14.6. The number of hydrogen-bond donors (Lipinski definition) is 1. The number of halogens is 1. The third-order valence-corrected chi connectivity index (χ3v) is 6.80. The summed E-state index contributed by atoms with van der Waals surface area (Å²) in [4.78, 5) is 33.4. The van der Waals surface area contributed by atoms with Gasteiger partial charge in [0.2, 0.25) is 17.6 Å². The highest BCUT2D eigenvalue weighted by atomic mass is 19.1. The highest BCUT2D eigenvalue weighted by molar-refractivity contribution is 5.95. The minimum absolute atomic E-state index is 0.106. The summed E-state index contributed by atoms with van der Waals surface area (Å²) in [6, 6.07) is 7.23. The fraction of sp³-hybridized carbons (Fsp3) is 0.481. The highest BCUT2D eigenvalue weighted by Gasteiger charge is 2.30. The summed E-state index contributed by atoms with van der Waals surface area (Å²) in [5, 5.41) is 6.60. The third kappa shape index (κ3) is 6.39. The van der Waals surface area contributed by atoms with E-state index >= 15 is 0 Å². The Hall–Kier alpha value is -3.73. The van der Waals surface area contributed by atoms with Crippen LogP contribution in [0.15, 0.2) is 45.5 Å². The predicted octanol–water partition coefficient (Wildman–Crippen LogP) is 3.47. The summed E-state index contributed by atoms with van der Waals surface area (Å²) in [6.45, 7) is 5.77. The molecule has 1 aliphatic carbocycles. The van der Waals surface area contributed by atoms with Crippen LogP contribution in [0.4, 0.5) is 4.39 Å². The topological polar surface area (TPSA) is 114 Å². The fourth-order valence-corrected chi connectivity index (χ4v) is 4.51. The van der Waals surface area contributed by atoms with Crippen molar-refractivity contribution in [2.24, 2.45) is 0 Å². The molecule has 2 aromatic heterocycles. The summed E-state index contributed by atoms with van der Waals surface area (Å²) >= 11 is 0. The van der Waals surface area contributed by atoms with Crippen LogP contribution in [0.3, 0.4) is 0 Å². The number of aromatic nitrogens is 2. The first-order chi connectivity index (χ1) is 18.5. The number of rotatable bonds is 10. The number of hydrogen-bond acceptors (Lipinski definition) is 8. The number of carbonyl (C=O) groups is 2. The van der Waals surface area contributed by atoms with E-state index in [0.717, 1.165) is 45.3 Å². The zero-order valence-electron chi connectivity index (χ0n) is 21.4. The van der Waals surface area contributed by atoms with Crippen LogP contribution >= 0.6 is 0 Å². The molecule has 2 aliphatic rings. The van der Waals surface area contributed by atoms with E-state index in [1.165, 1.54) is 12.3 Å². The second-order valence-electron chi connectivity index (χ2n) is 9.77. The number of benzene rings is 1. The van der Waals surface area contributed by atoms with E-state index in [4.69, 9.17) is 13.7 Å². The van der Waals surface area contributed by atoms with Crippen LogP contribution in [0.1, 0.15) is 55.0 Å². The summed E-state index contributed by atoms with van der Waals surface area (Å²) in [5.41, 5.74) is 0.298. The van der Waals surface area contributed by atoms with Gasteiger partial charge in [-0.25, -0.2) is 4.39 Å². The van der Waals surface area contributed by atoms with Gasteiger partial charge in [0.25, 0.3) is 5.91 Å². The van der Waals surface area contributed by atoms with Crippen LogP contribution < -0.4 is 10.1 Å². The summed E-state index contributed by atoms with van der Waals surface area (Å²) < 4.78 is 30.7. The Balaban J connectivity index is 1.03. The number of carbonyl (C=O) groups excluding carboxylic acids is 2. The molecule has 38 heavy (non-hydrogen) atoms. The van der Waals surface area contributed by atoms with Crippen LogP contribution in [-0.4, -0.2) is 77.1 Å². The Morgan fingerprint density at radius 3 is 2.84 bits per heavy atom. The molecule has 10 nitrogen and oxygen atoms in total. The smallest absolute Gasteiger partial charge is 0.287 e. The fourth-order valence-electron chi connectivity index (χ4n) is 4.51. The van der Waals surface area contributed by atoms with Crippen molar-refractivity contribution in [3.63, 3.8) is 0 Å². The Labute approximate surface area is 220 Å². The number of ether oxygens (including phenoxy) is 1. The number of nitrogens with zero attached hydrogens (tertiary/aromatic N) is 4. The molecule has 1 atom stereocenters. The van der Waals surface area contributed by atoms with E-state index in [0.29, 0.717) is 42.8 Å². The minimum atomic E-state index is -0.639. The van der Waals surface area contributed by atoms with Gasteiger partial charge in [-0.1, -0.05) is 5.16 Å². The standard InChI is InChI=1S/C27H32FN5O5/c1-18(29-25(34)23-5-2-15-37-23)27(35)33-12-3-10-32(13-14-33)11-4-16-36-20-8-9-21(22(28)17-20)24-30-26(38-31-24)19-6-7-19/h2,5,8-9,15,17-19H,3-4,6-7,10-14,16H2,1H3,(H,29,34)/t18-/m1/s1. The minimum Gasteiger partial charge on any atom is -0.493 e. The molecule has 1 aliphatic heterocycles. The zero-order chi connectivity index (χ0) is 26.5. The van der Waals surface area contributed by atoms with E-state index in [1.807, 2.05) is 0 Å². The normalized spacial score (nSPS) is 17.2. The molecule has 2 amide bonds. The summed E-state index contributed by atoms with van der Waals surface area (Å²) in [7, 11) is 0. The SMILES string of the molecule is C[C@@H](NC(=O)c1ccco1)C(=O)N1CCCN(CCCOc2ccc(-c3noc(C4CC4)n3)c(F)c2)CC1. The number of amides is 2. The monoisotopic (exact) mass is 525 g/mol. The molecular formula is C27H32FN5O5. The van der Waals surface area contributed by atoms with Crippen molar-refractivity contribution in [3.8, 4) is 17.1 Å². The molecule has 3 aromatic rings. The van der Waals surface area contributed by atoms with Crippen molar-refractivity contribution in [3.05, 3.63) is 54.1 Å². The lowest BCUT2D eigenvalue weighted by atomic mass is 10.2. The van der Waals surface area contributed by atoms with Crippen LogP contribution in [0, 0.1) is 5.82 Å². The van der Waals surface area contributed by atoms with E-state index < -0.39 is 17.8 Å². The van der Waals surface area contributed by atoms with Crippen molar-refractivity contribution < 1.29 is 27.7 Å². The Morgan fingerprint density at radius 2 is 2.08 bits per heavy atom. The maximum Gasteiger partial charge on any atom is 0.287 e. The molecule has 0 unspecified atom stereocenters. The Morgan fingerprint density at radius 1 is 1.21 bits per heavy atom. The molecule has 11 heteroatoms. The van der Waals surface area contributed by atoms with Crippen LogP contribution in [0.5, 0.6) is 5.75 Å². The van der Waals surface area contributed by atoms with Crippen LogP contribution in [0.25, 0.3) is 11.4 Å². The molecule has 3 heterocycles. The van der Waals surface area contributed by atoms with E-state index in [-0.39, 0.29) is 17.5 Å². The largest absolute Gasteiger partial charge is 0.493 e. The summed E-state index contributed by atoms with van der Waals surface area (Å²) in [6.07, 6.45) is 5.11. The number of furan rings is 1. The van der Waals surface area contributed by atoms with Crippen molar-refractivity contribution in [2.45, 2.75) is 44.6 Å². The molecular weight excluding hydrogens is 493 g/mol. The molecule has 1 aromatic carbocycles. The van der Waals surface area contributed by atoms with Crippen molar-refractivity contribution in [1.29, 1.82) is 0 Å². The molecule has 0 bridgehead atoms. The molecule has 2 fully saturated rings. The quantitative estimate of drug-likeness (QED) is 0.401. The lowest BCUT2D eigenvalue weighted by Crippen LogP contribution is -2.48. The average Bonchev–Trinajstić information content (AvgIpc) is 3.47. The highest BCUT2D eigenvalue weighted by Crippen LogP contribution is 2.39. The van der Waals surface area contributed by atoms with Crippen molar-refractivity contribution in [1.82, 2.24) is 25.3 Å². The predicted molar refractivity (Wildman–Crippen MR) is 135 cm³/mol. The Kier molecular flexibility index (Phi) is 8.02. The molecule has 0 spiro atoms. The second-order valence-corrected chi connectivity index (χ2v) is 9.77. The maximum absolute atomic E-state index is 14.6. The van der Waals surface area contributed by atoms with Crippen LogP contribution in [-0.2, 0) is 4.79 Å². The first kappa shape index (κ1) is 25.9. The lowest BCUT2D eigenvalue weighted by Gasteiger charge is -2.25. The molecule has 1 N–H and O–H groups in total. The first-order valence-corrected chi connectivity index (χ1v) is 13.1. The molecule has 202 valence electrons. The zero-order valence-corrected chi connectivity index (χ0v) is 21.4. The van der Waals surface area contributed by atoms with Gasteiger partial charge in [-0.3, -0.25) is 9.59 Å². The van der Waals surface area contributed by atoms with Gasteiger partial charge in [0, 0.05) is 38.2 Å². The molecule has 1 saturated heterocycles. The molecule has 0 radical (unpaired) electrons. The molecule has 1 saturated carbocycles. The van der Waals surface area contributed by atoms with Crippen molar-refractivity contribution >= 4 is 11.8 Å². The summed E-state index contributed by atoms with van der Waals surface area (Å²) in [5.74, 6) is 0.837.